The number of nitrogens with one attached hydrogen (secondary N) is 1. The monoisotopic (exact) mass is 345 g/mol. The molecule has 0 radical (unpaired) electrons. The molecule has 5 nitrogen and oxygen atoms in total. The number of likely N-dealkylation sites (tertiary alicyclic amines) is 2. The van der Waals surface area contributed by atoms with Crippen molar-refractivity contribution >= 4 is 6.03 Å². The molecule has 0 aliphatic carbocycles. The number of carbonyl (C=O) groups is 1. The van der Waals surface area contributed by atoms with E-state index in [-0.39, 0.29) is 6.03 Å². The number of hydrogen-bond acceptors (Lipinski definition) is 3. The van der Waals surface area contributed by atoms with Crippen molar-refractivity contribution in [2.24, 2.45) is 0 Å². The van der Waals surface area contributed by atoms with Crippen LogP contribution in [0.15, 0.2) is 24.3 Å². The molecule has 1 atom stereocenters. The molecule has 0 saturated carbocycles. The third kappa shape index (κ3) is 4.46. The molecular weight excluding hydrogens is 314 g/mol. The van der Waals surface area contributed by atoms with Crippen molar-refractivity contribution in [3.63, 3.8) is 0 Å². The molecule has 0 unspecified atom stereocenters. The Bertz CT molecular complexity index is 572. The Balaban J connectivity index is 1.34. The minimum absolute atomic E-state index is 0.0842. The van der Waals surface area contributed by atoms with Crippen molar-refractivity contribution in [3.05, 3.63) is 29.8 Å². The standard InChI is InChI=1S/C20H31N3O2/c1-16-8-5-6-13-23(16)18-14-22(15-18)20(24)21-12-7-10-17-9-3-4-11-19(17)25-2/h3-4,9,11,16,18H,5-8,10,12-15H2,1-2H3,(H,21,24)/t16-/m0/s1. The van der Waals surface area contributed by atoms with Crippen molar-refractivity contribution in [1.29, 1.82) is 0 Å². The van der Waals surface area contributed by atoms with Gasteiger partial charge in [-0.2, -0.15) is 0 Å². The largest absolute Gasteiger partial charge is 0.496 e. The van der Waals surface area contributed by atoms with Crippen LogP contribution in [0.2, 0.25) is 0 Å². The van der Waals surface area contributed by atoms with Crippen molar-refractivity contribution in [3.8, 4) is 5.75 Å². The highest BCUT2D eigenvalue weighted by Gasteiger charge is 2.37. The van der Waals surface area contributed by atoms with E-state index in [1.54, 1.807) is 7.11 Å². The Labute approximate surface area is 151 Å². The molecule has 2 saturated heterocycles. The van der Waals surface area contributed by atoms with Gasteiger partial charge in [0.25, 0.3) is 0 Å². The zero-order chi connectivity index (χ0) is 17.6. The summed E-state index contributed by atoms with van der Waals surface area (Å²) in [4.78, 5) is 16.8. The summed E-state index contributed by atoms with van der Waals surface area (Å²) in [5, 5.41) is 3.05. The molecule has 0 bridgehead atoms. The smallest absolute Gasteiger partial charge is 0.317 e. The van der Waals surface area contributed by atoms with Crippen LogP contribution in [0.4, 0.5) is 4.79 Å². The first-order valence-electron chi connectivity index (χ1n) is 9.59. The molecule has 2 heterocycles. The van der Waals surface area contributed by atoms with Crippen LogP contribution in [0, 0.1) is 0 Å². The number of benzene rings is 1. The summed E-state index contributed by atoms with van der Waals surface area (Å²) in [5.74, 6) is 0.926. The number of aryl methyl sites for hydroxylation is 1. The molecule has 1 N–H and O–H groups in total. The lowest BCUT2D eigenvalue weighted by Crippen LogP contribution is -2.65. The van der Waals surface area contributed by atoms with E-state index in [1.165, 1.54) is 31.4 Å². The molecule has 138 valence electrons. The number of urea groups is 1. The van der Waals surface area contributed by atoms with Gasteiger partial charge in [-0.1, -0.05) is 24.6 Å². The Morgan fingerprint density at radius 3 is 2.84 bits per heavy atom. The van der Waals surface area contributed by atoms with Crippen LogP contribution >= 0.6 is 0 Å². The highest BCUT2D eigenvalue weighted by molar-refractivity contribution is 5.75. The molecule has 1 aromatic carbocycles. The lowest BCUT2D eigenvalue weighted by atomic mass is 9.98. The summed E-state index contributed by atoms with van der Waals surface area (Å²) in [7, 11) is 1.70. The lowest BCUT2D eigenvalue weighted by Gasteiger charge is -2.49. The maximum Gasteiger partial charge on any atom is 0.317 e. The Morgan fingerprint density at radius 2 is 2.08 bits per heavy atom. The number of piperidine rings is 1. The van der Waals surface area contributed by atoms with Crippen molar-refractivity contribution in [1.82, 2.24) is 15.1 Å². The number of amides is 2. The molecule has 2 amide bonds. The molecule has 0 spiro atoms. The number of hydrogen-bond donors (Lipinski definition) is 1. The van der Waals surface area contributed by atoms with Gasteiger partial charge >= 0.3 is 6.03 Å². The van der Waals surface area contributed by atoms with Gasteiger partial charge in [-0.15, -0.1) is 0 Å². The minimum Gasteiger partial charge on any atom is -0.496 e. The van der Waals surface area contributed by atoms with E-state index in [2.05, 4.69) is 23.2 Å². The van der Waals surface area contributed by atoms with Crippen molar-refractivity contribution in [2.75, 3.05) is 33.3 Å². The molecule has 5 heteroatoms. The van der Waals surface area contributed by atoms with E-state index < -0.39 is 0 Å². The van der Waals surface area contributed by atoms with Crippen LogP contribution in [-0.2, 0) is 6.42 Å². The molecule has 3 rings (SSSR count). The van der Waals surface area contributed by atoms with E-state index in [4.69, 9.17) is 4.74 Å². The fraction of sp³-hybridized carbons (Fsp3) is 0.650. The predicted octanol–water partition coefficient (Wildman–Crippen LogP) is 2.90. The summed E-state index contributed by atoms with van der Waals surface area (Å²) in [5.41, 5.74) is 1.20. The lowest BCUT2D eigenvalue weighted by molar-refractivity contribution is 0.0170. The van der Waals surface area contributed by atoms with E-state index in [0.29, 0.717) is 18.6 Å². The first kappa shape index (κ1) is 18.1. The Hall–Kier alpha value is -1.75. The van der Waals surface area contributed by atoms with E-state index >= 15 is 0 Å². The molecule has 2 aliphatic rings. The van der Waals surface area contributed by atoms with Gasteiger partial charge in [0.2, 0.25) is 0 Å². The van der Waals surface area contributed by atoms with Gasteiger partial charge in [-0.05, 0) is 50.8 Å². The number of carbonyl (C=O) groups excluding carboxylic acids is 1. The molecular formula is C20H31N3O2. The van der Waals surface area contributed by atoms with Gasteiger partial charge in [-0.3, -0.25) is 4.90 Å². The Morgan fingerprint density at radius 1 is 1.28 bits per heavy atom. The summed E-state index contributed by atoms with van der Waals surface area (Å²) >= 11 is 0. The summed E-state index contributed by atoms with van der Waals surface area (Å²) in [6.45, 7) is 5.98. The third-order valence-electron chi connectivity index (χ3n) is 5.56. The van der Waals surface area contributed by atoms with E-state index in [9.17, 15) is 4.79 Å². The fourth-order valence-corrected chi connectivity index (χ4v) is 3.99. The molecule has 2 aliphatic heterocycles. The van der Waals surface area contributed by atoms with Crippen LogP contribution < -0.4 is 10.1 Å². The Kier molecular flexibility index (Phi) is 6.19. The third-order valence-corrected chi connectivity index (χ3v) is 5.56. The molecule has 1 aromatic rings. The minimum atomic E-state index is 0.0842. The normalized spacial score (nSPS) is 21.7. The average Bonchev–Trinajstić information content (AvgIpc) is 2.59. The number of rotatable bonds is 6. The highest BCUT2D eigenvalue weighted by atomic mass is 16.5. The summed E-state index contributed by atoms with van der Waals surface area (Å²) in [6, 6.07) is 9.39. The maximum atomic E-state index is 12.2. The van der Waals surface area contributed by atoms with Crippen LogP contribution in [-0.4, -0.2) is 61.2 Å². The van der Waals surface area contributed by atoms with Gasteiger partial charge in [-0.25, -0.2) is 4.79 Å². The first-order valence-corrected chi connectivity index (χ1v) is 9.59. The summed E-state index contributed by atoms with van der Waals surface area (Å²) < 4.78 is 5.37. The first-order chi connectivity index (χ1) is 12.2. The zero-order valence-corrected chi connectivity index (χ0v) is 15.5. The molecule has 2 fully saturated rings. The average molecular weight is 345 g/mol. The highest BCUT2D eigenvalue weighted by Crippen LogP contribution is 2.24. The van der Waals surface area contributed by atoms with Crippen LogP contribution in [0.25, 0.3) is 0 Å². The van der Waals surface area contributed by atoms with Gasteiger partial charge in [0.05, 0.1) is 7.11 Å². The van der Waals surface area contributed by atoms with Gasteiger partial charge in [0.15, 0.2) is 0 Å². The maximum absolute atomic E-state index is 12.2. The second-order valence-corrected chi connectivity index (χ2v) is 7.29. The van der Waals surface area contributed by atoms with Crippen LogP contribution in [0.3, 0.4) is 0 Å². The van der Waals surface area contributed by atoms with Gasteiger partial charge in [0.1, 0.15) is 5.75 Å². The van der Waals surface area contributed by atoms with Crippen LogP contribution in [0.5, 0.6) is 5.75 Å². The van der Waals surface area contributed by atoms with Gasteiger partial charge < -0.3 is 15.0 Å². The number of ether oxygens (including phenoxy) is 1. The number of methoxy groups -OCH3 is 1. The number of nitrogens with zero attached hydrogens (tertiary/aromatic N) is 2. The predicted molar refractivity (Wildman–Crippen MR) is 100 cm³/mol. The van der Waals surface area contributed by atoms with Crippen LogP contribution in [0.1, 0.15) is 38.2 Å². The zero-order valence-electron chi connectivity index (χ0n) is 15.5. The fourth-order valence-electron chi connectivity index (χ4n) is 3.99. The SMILES string of the molecule is COc1ccccc1CCCNC(=O)N1CC(N2CCCC[C@@H]2C)C1. The quantitative estimate of drug-likeness (QED) is 0.807. The second kappa shape index (κ2) is 8.56. The number of para-hydroxylation sites is 1. The van der Waals surface area contributed by atoms with Crippen molar-refractivity contribution < 1.29 is 9.53 Å². The topological polar surface area (TPSA) is 44.8 Å². The van der Waals surface area contributed by atoms with E-state index in [0.717, 1.165) is 31.7 Å². The van der Waals surface area contributed by atoms with Crippen molar-refractivity contribution in [2.45, 2.75) is 51.1 Å². The second-order valence-electron chi connectivity index (χ2n) is 7.29. The van der Waals surface area contributed by atoms with Gasteiger partial charge in [0, 0.05) is 31.7 Å². The summed E-state index contributed by atoms with van der Waals surface area (Å²) in [6.07, 6.45) is 5.78. The molecule has 0 aromatic heterocycles. The molecule has 25 heavy (non-hydrogen) atoms. The van der Waals surface area contributed by atoms with E-state index in [1.807, 2.05) is 23.1 Å².